The third kappa shape index (κ3) is 2.89. The summed E-state index contributed by atoms with van der Waals surface area (Å²) in [5.41, 5.74) is 0. The Labute approximate surface area is 104 Å². The molecule has 0 spiro atoms. The predicted octanol–water partition coefficient (Wildman–Crippen LogP) is 3.28. The molecule has 0 amide bonds. The third-order valence-electron chi connectivity index (χ3n) is 4.20. The highest BCUT2D eigenvalue weighted by Crippen LogP contribution is 2.30. The van der Waals surface area contributed by atoms with Crippen molar-refractivity contribution in [1.29, 1.82) is 0 Å². The van der Waals surface area contributed by atoms with E-state index >= 15 is 0 Å². The van der Waals surface area contributed by atoms with Crippen LogP contribution in [0.25, 0.3) is 0 Å². The zero-order valence-electron chi connectivity index (χ0n) is 11.2. The van der Waals surface area contributed by atoms with Crippen molar-refractivity contribution in [3.63, 3.8) is 0 Å². The van der Waals surface area contributed by atoms with Gasteiger partial charge in [-0.05, 0) is 31.1 Å². The van der Waals surface area contributed by atoms with Gasteiger partial charge in [-0.15, -0.1) is 0 Å². The summed E-state index contributed by atoms with van der Waals surface area (Å²) in [5.74, 6) is 2.64. The fourth-order valence-electron chi connectivity index (χ4n) is 3.10. The average Bonchev–Trinajstić information content (AvgIpc) is 2.82. The van der Waals surface area contributed by atoms with Gasteiger partial charge in [-0.3, -0.25) is 0 Å². The van der Waals surface area contributed by atoms with Crippen molar-refractivity contribution in [2.45, 2.75) is 58.5 Å². The molecule has 2 rings (SSSR count). The number of hydrogen-bond donors (Lipinski definition) is 2. The number of hydrogen-bond acceptors (Lipinski definition) is 2. The van der Waals surface area contributed by atoms with Gasteiger partial charge in [0.2, 0.25) is 0 Å². The molecule has 17 heavy (non-hydrogen) atoms. The largest absolute Gasteiger partial charge is 0.347 e. The molecule has 1 fully saturated rings. The number of aromatic amines is 1. The molecule has 0 bridgehead atoms. The molecule has 1 saturated carbocycles. The lowest BCUT2D eigenvalue weighted by Gasteiger charge is -2.37. The minimum Gasteiger partial charge on any atom is -0.347 e. The van der Waals surface area contributed by atoms with Crippen LogP contribution in [0.5, 0.6) is 0 Å². The van der Waals surface area contributed by atoms with E-state index in [0.717, 1.165) is 24.1 Å². The number of nitrogens with zero attached hydrogens (tertiary/aromatic N) is 1. The number of aromatic nitrogens is 2. The van der Waals surface area contributed by atoms with Gasteiger partial charge in [0.1, 0.15) is 5.82 Å². The van der Waals surface area contributed by atoms with Crippen molar-refractivity contribution in [2.75, 3.05) is 0 Å². The van der Waals surface area contributed by atoms with Crippen molar-refractivity contribution in [3.05, 3.63) is 18.2 Å². The molecule has 0 saturated heterocycles. The maximum Gasteiger partial charge on any atom is 0.123 e. The standard InChI is InChI=1S/C14H25N3/c1-4-12(14-15-8-9-16-14)17-13-10(2)6-5-7-11(13)3/h8-13,17H,4-7H2,1-3H3,(H,15,16). The minimum atomic E-state index is 0.373. The Kier molecular flexibility index (Phi) is 4.21. The molecule has 0 radical (unpaired) electrons. The smallest absolute Gasteiger partial charge is 0.123 e. The summed E-state index contributed by atoms with van der Waals surface area (Å²) in [7, 11) is 0. The minimum absolute atomic E-state index is 0.373. The van der Waals surface area contributed by atoms with Crippen LogP contribution in [0.4, 0.5) is 0 Å². The summed E-state index contributed by atoms with van der Waals surface area (Å²) < 4.78 is 0. The maximum atomic E-state index is 4.38. The SMILES string of the molecule is CCC(NC1C(C)CCCC1C)c1ncc[nH]1. The molecule has 3 atom stereocenters. The van der Waals surface area contributed by atoms with Crippen LogP contribution < -0.4 is 5.32 Å². The Morgan fingerprint density at radius 1 is 1.41 bits per heavy atom. The Morgan fingerprint density at radius 3 is 2.65 bits per heavy atom. The van der Waals surface area contributed by atoms with E-state index in [2.05, 4.69) is 36.1 Å². The normalized spacial score (nSPS) is 31.4. The van der Waals surface area contributed by atoms with Crippen LogP contribution in [0.3, 0.4) is 0 Å². The zero-order chi connectivity index (χ0) is 12.3. The molecule has 96 valence electrons. The van der Waals surface area contributed by atoms with E-state index in [1.54, 1.807) is 0 Å². The first-order chi connectivity index (χ1) is 8.22. The molecule has 1 aromatic heterocycles. The van der Waals surface area contributed by atoms with Crippen LogP contribution in [-0.4, -0.2) is 16.0 Å². The highest BCUT2D eigenvalue weighted by atomic mass is 15.0. The Balaban J connectivity index is 2.02. The van der Waals surface area contributed by atoms with Crippen molar-refractivity contribution >= 4 is 0 Å². The molecular weight excluding hydrogens is 210 g/mol. The fourth-order valence-corrected chi connectivity index (χ4v) is 3.10. The van der Waals surface area contributed by atoms with Gasteiger partial charge in [0.15, 0.2) is 0 Å². The molecule has 0 aromatic carbocycles. The van der Waals surface area contributed by atoms with Crippen LogP contribution in [0.15, 0.2) is 12.4 Å². The zero-order valence-corrected chi connectivity index (χ0v) is 11.2. The van der Waals surface area contributed by atoms with Gasteiger partial charge in [-0.25, -0.2) is 4.98 Å². The third-order valence-corrected chi connectivity index (χ3v) is 4.20. The Morgan fingerprint density at radius 2 is 2.12 bits per heavy atom. The van der Waals surface area contributed by atoms with Gasteiger partial charge in [0.05, 0.1) is 6.04 Å². The number of nitrogens with one attached hydrogen (secondary N) is 2. The van der Waals surface area contributed by atoms with Gasteiger partial charge in [0.25, 0.3) is 0 Å². The highest BCUT2D eigenvalue weighted by Gasteiger charge is 2.29. The topological polar surface area (TPSA) is 40.7 Å². The second kappa shape index (κ2) is 5.67. The first kappa shape index (κ1) is 12.6. The quantitative estimate of drug-likeness (QED) is 0.841. The van der Waals surface area contributed by atoms with Crippen LogP contribution in [0.2, 0.25) is 0 Å². The highest BCUT2D eigenvalue weighted by molar-refractivity contribution is 4.97. The number of imidazole rings is 1. The molecular formula is C14H25N3. The second-order valence-corrected chi connectivity index (χ2v) is 5.51. The van der Waals surface area contributed by atoms with Crippen molar-refractivity contribution in [1.82, 2.24) is 15.3 Å². The lowest BCUT2D eigenvalue weighted by atomic mass is 9.78. The first-order valence-electron chi connectivity index (χ1n) is 6.97. The number of rotatable bonds is 4. The van der Waals surface area contributed by atoms with Crippen molar-refractivity contribution < 1.29 is 0 Å². The molecule has 3 unspecified atom stereocenters. The molecule has 1 aliphatic carbocycles. The molecule has 3 heteroatoms. The van der Waals surface area contributed by atoms with Crippen molar-refractivity contribution in [2.24, 2.45) is 11.8 Å². The van der Waals surface area contributed by atoms with Crippen molar-refractivity contribution in [3.8, 4) is 0 Å². The van der Waals surface area contributed by atoms with Crippen LogP contribution in [-0.2, 0) is 0 Å². The molecule has 1 heterocycles. The predicted molar refractivity (Wildman–Crippen MR) is 70.7 cm³/mol. The summed E-state index contributed by atoms with van der Waals surface area (Å²) >= 11 is 0. The molecule has 2 N–H and O–H groups in total. The van der Waals surface area contributed by atoms with E-state index in [4.69, 9.17) is 0 Å². The van der Waals surface area contributed by atoms with E-state index in [0.29, 0.717) is 12.1 Å². The monoisotopic (exact) mass is 235 g/mol. The number of H-pyrrole nitrogens is 1. The van der Waals surface area contributed by atoms with E-state index in [-0.39, 0.29) is 0 Å². The van der Waals surface area contributed by atoms with Gasteiger partial charge in [0, 0.05) is 18.4 Å². The van der Waals surface area contributed by atoms with E-state index in [9.17, 15) is 0 Å². The van der Waals surface area contributed by atoms with E-state index < -0.39 is 0 Å². The van der Waals surface area contributed by atoms with E-state index in [1.807, 2.05) is 12.4 Å². The van der Waals surface area contributed by atoms with Gasteiger partial charge < -0.3 is 10.3 Å². The summed E-state index contributed by atoms with van der Waals surface area (Å²) in [6.07, 6.45) is 8.94. The second-order valence-electron chi connectivity index (χ2n) is 5.51. The van der Waals surface area contributed by atoms with Crippen LogP contribution >= 0.6 is 0 Å². The summed E-state index contributed by atoms with van der Waals surface area (Å²) in [6.45, 7) is 6.97. The molecule has 3 nitrogen and oxygen atoms in total. The Bertz CT molecular complexity index is 310. The molecule has 1 aliphatic rings. The summed E-state index contributed by atoms with van der Waals surface area (Å²) in [4.78, 5) is 7.62. The van der Waals surface area contributed by atoms with Gasteiger partial charge in [-0.2, -0.15) is 0 Å². The van der Waals surface area contributed by atoms with Gasteiger partial charge in [-0.1, -0.05) is 27.2 Å². The fraction of sp³-hybridized carbons (Fsp3) is 0.786. The molecule has 0 aliphatic heterocycles. The summed E-state index contributed by atoms with van der Waals surface area (Å²) in [5, 5.41) is 3.81. The first-order valence-corrected chi connectivity index (χ1v) is 6.97. The summed E-state index contributed by atoms with van der Waals surface area (Å²) in [6, 6.07) is 1.01. The van der Waals surface area contributed by atoms with E-state index in [1.165, 1.54) is 19.3 Å². The van der Waals surface area contributed by atoms with Crippen LogP contribution in [0, 0.1) is 11.8 Å². The maximum absolute atomic E-state index is 4.38. The Hall–Kier alpha value is -0.830. The lowest BCUT2D eigenvalue weighted by molar-refractivity contribution is 0.189. The average molecular weight is 235 g/mol. The van der Waals surface area contributed by atoms with Crippen LogP contribution in [0.1, 0.15) is 58.3 Å². The van der Waals surface area contributed by atoms with Gasteiger partial charge >= 0.3 is 0 Å². The molecule has 1 aromatic rings. The lowest BCUT2D eigenvalue weighted by Crippen LogP contribution is -2.44.